The van der Waals surface area contributed by atoms with E-state index in [1.807, 2.05) is 55.3 Å². The topological polar surface area (TPSA) is 54.6 Å². The van der Waals surface area contributed by atoms with Gasteiger partial charge >= 0.3 is 0 Å². The number of carbonyl (C=O) groups excluding carboxylic acids is 1. The number of morpholine rings is 1. The highest BCUT2D eigenvalue weighted by atomic mass is 16.5. The molecule has 0 spiro atoms. The van der Waals surface area contributed by atoms with Crippen LogP contribution >= 0.6 is 0 Å². The van der Waals surface area contributed by atoms with Crippen molar-refractivity contribution in [2.45, 2.75) is 20.0 Å². The molecule has 122 valence electrons. The van der Waals surface area contributed by atoms with Gasteiger partial charge in [0.1, 0.15) is 11.4 Å². The van der Waals surface area contributed by atoms with Crippen molar-refractivity contribution < 1.29 is 14.3 Å². The average Bonchev–Trinajstić information content (AvgIpc) is 3.04. The molecule has 1 fully saturated rings. The smallest absolute Gasteiger partial charge is 0.270 e. The van der Waals surface area contributed by atoms with Gasteiger partial charge in [-0.05, 0) is 37.6 Å². The molecule has 0 atom stereocenters. The summed E-state index contributed by atoms with van der Waals surface area (Å²) >= 11 is 0. The van der Waals surface area contributed by atoms with Crippen LogP contribution in [0.4, 0.5) is 0 Å². The second kappa shape index (κ2) is 6.87. The lowest BCUT2D eigenvalue weighted by Crippen LogP contribution is -2.40. The van der Waals surface area contributed by atoms with E-state index in [2.05, 4.69) is 4.98 Å². The Morgan fingerprint density at radius 1 is 1.22 bits per heavy atom. The van der Waals surface area contributed by atoms with Crippen LogP contribution in [0.25, 0.3) is 11.1 Å². The molecule has 1 N–H and O–H groups in total. The van der Waals surface area contributed by atoms with E-state index in [9.17, 15) is 4.79 Å². The van der Waals surface area contributed by atoms with Gasteiger partial charge in [-0.2, -0.15) is 0 Å². The molecular formula is C18H22N2O3. The molecule has 0 radical (unpaired) electrons. The Labute approximate surface area is 136 Å². The second-order valence-electron chi connectivity index (χ2n) is 5.90. The van der Waals surface area contributed by atoms with Gasteiger partial charge in [-0.25, -0.2) is 0 Å². The quantitative estimate of drug-likeness (QED) is 0.944. The highest BCUT2D eigenvalue weighted by Crippen LogP contribution is 2.25. The molecule has 23 heavy (non-hydrogen) atoms. The number of amides is 1. The number of benzene rings is 1. The largest absolute Gasteiger partial charge is 0.491 e. The third-order valence-electron chi connectivity index (χ3n) is 3.75. The van der Waals surface area contributed by atoms with Crippen molar-refractivity contribution in [3.8, 4) is 16.9 Å². The van der Waals surface area contributed by atoms with Crippen LogP contribution in [0.5, 0.6) is 5.75 Å². The maximum atomic E-state index is 12.5. The molecule has 1 aromatic carbocycles. The van der Waals surface area contributed by atoms with Crippen molar-refractivity contribution >= 4 is 5.91 Å². The molecule has 1 aliphatic heterocycles. The molecule has 0 aliphatic carbocycles. The van der Waals surface area contributed by atoms with E-state index in [0.29, 0.717) is 32.0 Å². The normalized spacial score (nSPS) is 15.0. The molecule has 1 aromatic heterocycles. The van der Waals surface area contributed by atoms with Crippen LogP contribution in [0.1, 0.15) is 24.3 Å². The predicted octanol–water partition coefficient (Wildman–Crippen LogP) is 2.94. The first-order chi connectivity index (χ1) is 11.1. The summed E-state index contributed by atoms with van der Waals surface area (Å²) in [5.41, 5.74) is 2.62. The summed E-state index contributed by atoms with van der Waals surface area (Å²) in [7, 11) is 0. The van der Waals surface area contributed by atoms with E-state index in [0.717, 1.165) is 16.9 Å². The molecule has 3 rings (SSSR count). The maximum Gasteiger partial charge on any atom is 0.270 e. The van der Waals surface area contributed by atoms with Gasteiger partial charge in [0.15, 0.2) is 0 Å². The van der Waals surface area contributed by atoms with E-state index in [1.54, 1.807) is 0 Å². The van der Waals surface area contributed by atoms with Gasteiger partial charge in [0.2, 0.25) is 0 Å². The number of carbonyl (C=O) groups is 1. The monoisotopic (exact) mass is 314 g/mol. The fraction of sp³-hybridized carbons (Fsp3) is 0.389. The molecule has 5 heteroatoms. The zero-order valence-corrected chi connectivity index (χ0v) is 13.5. The van der Waals surface area contributed by atoms with Gasteiger partial charge in [-0.15, -0.1) is 0 Å². The first-order valence-electron chi connectivity index (χ1n) is 7.96. The second-order valence-corrected chi connectivity index (χ2v) is 5.90. The fourth-order valence-electron chi connectivity index (χ4n) is 2.64. The van der Waals surface area contributed by atoms with Crippen LogP contribution in [-0.4, -0.2) is 48.2 Å². The van der Waals surface area contributed by atoms with Crippen LogP contribution < -0.4 is 4.74 Å². The lowest BCUT2D eigenvalue weighted by Gasteiger charge is -2.26. The van der Waals surface area contributed by atoms with Gasteiger partial charge < -0.3 is 19.4 Å². The zero-order chi connectivity index (χ0) is 16.2. The number of aromatic nitrogens is 1. The minimum atomic E-state index is 0.0223. The van der Waals surface area contributed by atoms with Gasteiger partial charge in [0.25, 0.3) is 5.91 Å². The number of rotatable bonds is 4. The Hall–Kier alpha value is -2.27. The lowest BCUT2D eigenvalue weighted by atomic mass is 10.1. The Bertz CT molecular complexity index is 672. The summed E-state index contributed by atoms with van der Waals surface area (Å²) in [6, 6.07) is 9.80. The standard InChI is InChI=1S/C18H22N2O3/c1-13(2)23-16-5-3-4-14(10-16)15-11-17(19-12-15)18(21)20-6-8-22-9-7-20/h3-5,10-13,19H,6-9H2,1-2H3. The van der Waals surface area contributed by atoms with Gasteiger partial charge in [-0.3, -0.25) is 4.79 Å². The number of ether oxygens (including phenoxy) is 2. The van der Waals surface area contributed by atoms with Crippen molar-refractivity contribution in [1.29, 1.82) is 0 Å². The summed E-state index contributed by atoms with van der Waals surface area (Å²) in [5.74, 6) is 0.855. The minimum Gasteiger partial charge on any atom is -0.491 e. The first kappa shape index (κ1) is 15.6. The van der Waals surface area contributed by atoms with Crippen LogP contribution in [0.15, 0.2) is 36.5 Å². The molecular weight excluding hydrogens is 292 g/mol. The molecule has 2 heterocycles. The van der Waals surface area contributed by atoms with Crippen LogP contribution in [0, 0.1) is 0 Å². The van der Waals surface area contributed by atoms with Gasteiger partial charge in [0.05, 0.1) is 19.3 Å². The predicted molar refractivity (Wildman–Crippen MR) is 88.7 cm³/mol. The van der Waals surface area contributed by atoms with Crippen molar-refractivity contribution in [2.75, 3.05) is 26.3 Å². The van der Waals surface area contributed by atoms with Gasteiger partial charge in [0, 0.05) is 24.8 Å². The van der Waals surface area contributed by atoms with E-state index >= 15 is 0 Å². The molecule has 1 amide bonds. The number of aromatic amines is 1. The number of nitrogens with one attached hydrogen (secondary N) is 1. The third-order valence-corrected chi connectivity index (χ3v) is 3.75. The fourth-order valence-corrected chi connectivity index (χ4v) is 2.64. The Morgan fingerprint density at radius 3 is 2.74 bits per heavy atom. The zero-order valence-electron chi connectivity index (χ0n) is 13.5. The Kier molecular flexibility index (Phi) is 4.67. The van der Waals surface area contributed by atoms with Crippen LogP contribution in [0.3, 0.4) is 0 Å². The Morgan fingerprint density at radius 2 is 2.00 bits per heavy atom. The highest BCUT2D eigenvalue weighted by Gasteiger charge is 2.20. The Balaban J connectivity index is 1.77. The van der Waals surface area contributed by atoms with Crippen LogP contribution in [-0.2, 0) is 4.74 Å². The molecule has 0 bridgehead atoms. The van der Waals surface area contributed by atoms with Crippen molar-refractivity contribution in [3.05, 3.63) is 42.2 Å². The molecule has 0 saturated carbocycles. The van der Waals surface area contributed by atoms with E-state index in [1.165, 1.54) is 0 Å². The SMILES string of the molecule is CC(C)Oc1cccc(-c2c[nH]c(C(=O)N3CCOCC3)c2)c1. The first-order valence-corrected chi connectivity index (χ1v) is 7.96. The third kappa shape index (κ3) is 3.74. The number of hydrogen-bond acceptors (Lipinski definition) is 3. The number of H-pyrrole nitrogens is 1. The lowest BCUT2D eigenvalue weighted by molar-refractivity contribution is 0.0299. The number of hydrogen-bond donors (Lipinski definition) is 1. The van der Waals surface area contributed by atoms with E-state index in [-0.39, 0.29) is 12.0 Å². The average molecular weight is 314 g/mol. The molecule has 0 unspecified atom stereocenters. The molecule has 1 aliphatic rings. The van der Waals surface area contributed by atoms with Crippen LogP contribution in [0.2, 0.25) is 0 Å². The number of nitrogens with zero attached hydrogens (tertiary/aromatic N) is 1. The summed E-state index contributed by atoms with van der Waals surface area (Å²) < 4.78 is 11.0. The van der Waals surface area contributed by atoms with E-state index in [4.69, 9.17) is 9.47 Å². The molecule has 5 nitrogen and oxygen atoms in total. The molecule has 2 aromatic rings. The summed E-state index contributed by atoms with van der Waals surface area (Å²) in [6.07, 6.45) is 2.00. The van der Waals surface area contributed by atoms with Crippen molar-refractivity contribution in [2.24, 2.45) is 0 Å². The van der Waals surface area contributed by atoms with Gasteiger partial charge in [-0.1, -0.05) is 12.1 Å². The van der Waals surface area contributed by atoms with Crippen molar-refractivity contribution in [1.82, 2.24) is 9.88 Å². The summed E-state index contributed by atoms with van der Waals surface area (Å²) in [5, 5.41) is 0. The minimum absolute atomic E-state index is 0.0223. The van der Waals surface area contributed by atoms with E-state index < -0.39 is 0 Å². The van der Waals surface area contributed by atoms with Crippen molar-refractivity contribution in [3.63, 3.8) is 0 Å². The molecule has 1 saturated heterocycles. The maximum absolute atomic E-state index is 12.5. The highest BCUT2D eigenvalue weighted by molar-refractivity contribution is 5.94. The summed E-state index contributed by atoms with van der Waals surface area (Å²) in [4.78, 5) is 17.4. The summed E-state index contributed by atoms with van der Waals surface area (Å²) in [6.45, 7) is 6.50.